The van der Waals surface area contributed by atoms with Gasteiger partial charge in [0, 0.05) is 11.8 Å². The summed E-state index contributed by atoms with van der Waals surface area (Å²) in [7, 11) is -3.42. The lowest BCUT2D eigenvalue weighted by atomic mass is 10.1. The Kier molecular flexibility index (Phi) is 6.94. The van der Waals surface area contributed by atoms with E-state index < -0.39 is 20.3 Å². The van der Waals surface area contributed by atoms with Crippen molar-refractivity contribution >= 4 is 33.0 Å². The summed E-state index contributed by atoms with van der Waals surface area (Å²) in [5.41, 5.74) is 1.93. The monoisotopic (exact) mass is 370 g/mol. The smallest absolute Gasteiger partial charge is 0.159 e. The summed E-state index contributed by atoms with van der Waals surface area (Å²) in [6, 6.07) is 19.1. The highest BCUT2D eigenvalue weighted by atomic mass is 35.5. The van der Waals surface area contributed by atoms with Crippen molar-refractivity contribution < 1.29 is 8.42 Å². The minimum atomic E-state index is -3.42. The average molecular weight is 371 g/mol. The molecule has 0 aliphatic carbocycles. The molecule has 0 saturated carbocycles. The first-order valence-electron chi connectivity index (χ1n) is 7.50. The Morgan fingerprint density at radius 2 is 1.04 bits per heavy atom. The van der Waals surface area contributed by atoms with Gasteiger partial charge in [0.15, 0.2) is 9.84 Å². The highest BCUT2D eigenvalue weighted by Gasteiger charge is 2.33. The molecule has 0 N–H and O–H groups in total. The summed E-state index contributed by atoms with van der Waals surface area (Å²) in [4.78, 5) is 0. The van der Waals surface area contributed by atoms with E-state index in [2.05, 4.69) is 0 Å². The van der Waals surface area contributed by atoms with Crippen LogP contribution in [0.1, 0.15) is 11.1 Å². The predicted octanol–water partition coefficient (Wildman–Crippen LogP) is 4.10. The Hall–Kier alpha value is -1.03. The maximum Gasteiger partial charge on any atom is 0.159 e. The number of hydrogen-bond acceptors (Lipinski definition) is 2. The zero-order chi connectivity index (χ0) is 16.7. The molecule has 0 amide bonds. The number of halogens is 2. The first kappa shape index (κ1) is 18.3. The van der Waals surface area contributed by atoms with Gasteiger partial charge < -0.3 is 0 Å². The normalized spacial score (nSPS) is 14.3. The van der Waals surface area contributed by atoms with Crippen LogP contribution in [0.2, 0.25) is 0 Å². The van der Waals surface area contributed by atoms with Crippen LogP contribution in [0.4, 0.5) is 0 Å². The number of sulfone groups is 1. The van der Waals surface area contributed by atoms with E-state index in [1.165, 1.54) is 0 Å². The molecule has 0 heterocycles. The van der Waals surface area contributed by atoms with Gasteiger partial charge in [-0.05, 0) is 24.0 Å². The third-order valence-electron chi connectivity index (χ3n) is 3.89. The molecule has 2 aromatic carbocycles. The SMILES string of the molecule is O=S(=O)(C(CCl)Cc1ccccc1)C(CCl)Cc1ccccc1. The number of alkyl halides is 2. The molecule has 5 heteroatoms. The fraction of sp³-hybridized carbons (Fsp3) is 0.333. The summed E-state index contributed by atoms with van der Waals surface area (Å²) < 4.78 is 25.9. The Bertz CT molecular complexity index is 632. The maximum atomic E-state index is 12.9. The molecule has 0 aliphatic rings. The average Bonchev–Trinajstić information content (AvgIpc) is 2.59. The van der Waals surface area contributed by atoms with Crippen molar-refractivity contribution in [3.63, 3.8) is 0 Å². The fourth-order valence-electron chi connectivity index (χ4n) is 2.54. The van der Waals surface area contributed by atoms with Crippen LogP contribution in [0.15, 0.2) is 60.7 Å². The van der Waals surface area contributed by atoms with Crippen molar-refractivity contribution in [1.82, 2.24) is 0 Å². The Morgan fingerprint density at radius 3 is 1.35 bits per heavy atom. The van der Waals surface area contributed by atoms with Gasteiger partial charge in [-0.25, -0.2) is 8.42 Å². The van der Waals surface area contributed by atoms with E-state index in [0.717, 1.165) is 11.1 Å². The summed E-state index contributed by atoms with van der Waals surface area (Å²) in [6.45, 7) is 0. The lowest BCUT2D eigenvalue weighted by Gasteiger charge is -2.22. The fourth-order valence-corrected chi connectivity index (χ4v) is 5.56. The van der Waals surface area contributed by atoms with Crippen molar-refractivity contribution in [2.45, 2.75) is 23.3 Å². The van der Waals surface area contributed by atoms with E-state index in [0.29, 0.717) is 12.8 Å². The van der Waals surface area contributed by atoms with E-state index in [1.54, 1.807) is 0 Å². The first-order valence-corrected chi connectivity index (χ1v) is 10.2. The number of benzene rings is 2. The van der Waals surface area contributed by atoms with Crippen LogP contribution in [-0.2, 0) is 22.7 Å². The van der Waals surface area contributed by atoms with Crippen LogP contribution in [0, 0.1) is 0 Å². The largest absolute Gasteiger partial charge is 0.228 e. The second-order valence-corrected chi connectivity index (χ2v) is 8.65. The summed E-state index contributed by atoms with van der Waals surface area (Å²) in [6.07, 6.45) is 0.823. The highest BCUT2D eigenvalue weighted by molar-refractivity contribution is 7.92. The maximum absolute atomic E-state index is 12.9. The molecule has 0 aromatic heterocycles. The molecule has 0 saturated heterocycles. The van der Waals surface area contributed by atoms with E-state index in [4.69, 9.17) is 23.2 Å². The highest BCUT2D eigenvalue weighted by Crippen LogP contribution is 2.21. The molecule has 2 nitrogen and oxygen atoms in total. The van der Waals surface area contributed by atoms with Crippen LogP contribution in [0.3, 0.4) is 0 Å². The topological polar surface area (TPSA) is 34.1 Å². The molecule has 0 spiro atoms. The van der Waals surface area contributed by atoms with Crippen LogP contribution in [0.5, 0.6) is 0 Å². The molecule has 2 atom stereocenters. The van der Waals surface area contributed by atoms with Gasteiger partial charge in [0.1, 0.15) is 0 Å². The molecular formula is C18H20Cl2O2S. The molecule has 0 radical (unpaired) electrons. The Balaban J connectivity index is 2.18. The molecule has 0 aliphatic heterocycles. The zero-order valence-electron chi connectivity index (χ0n) is 12.7. The molecule has 2 aromatic rings. The van der Waals surface area contributed by atoms with Gasteiger partial charge >= 0.3 is 0 Å². The Morgan fingerprint density at radius 1 is 0.696 bits per heavy atom. The third-order valence-corrected chi connectivity index (χ3v) is 7.52. The first-order chi connectivity index (χ1) is 11.1. The van der Waals surface area contributed by atoms with Gasteiger partial charge in [0.05, 0.1) is 10.5 Å². The standard InChI is InChI=1S/C18H20Cl2O2S/c19-13-17(11-15-7-3-1-4-8-15)23(21,22)18(14-20)12-16-9-5-2-6-10-16/h1-10,17-18H,11-14H2. The van der Waals surface area contributed by atoms with Gasteiger partial charge in [0.2, 0.25) is 0 Å². The van der Waals surface area contributed by atoms with Crippen molar-refractivity contribution in [1.29, 1.82) is 0 Å². The molecular weight excluding hydrogens is 351 g/mol. The quantitative estimate of drug-likeness (QED) is 0.655. The second kappa shape index (κ2) is 8.72. The van der Waals surface area contributed by atoms with Crippen LogP contribution in [-0.4, -0.2) is 30.7 Å². The molecule has 0 fully saturated rings. The molecule has 124 valence electrons. The van der Waals surface area contributed by atoms with Crippen LogP contribution >= 0.6 is 23.2 Å². The number of rotatable bonds is 8. The lowest BCUT2D eigenvalue weighted by Crippen LogP contribution is -2.37. The van der Waals surface area contributed by atoms with Gasteiger partial charge in [0.25, 0.3) is 0 Å². The van der Waals surface area contributed by atoms with Crippen LogP contribution < -0.4 is 0 Å². The molecule has 23 heavy (non-hydrogen) atoms. The molecule has 2 unspecified atom stereocenters. The van der Waals surface area contributed by atoms with E-state index >= 15 is 0 Å². The van der Waals surface area contributed by atoms with E-state index in [1.807, 2.05) is 60.7 Å². The third kappa shape index (κ3) is 4.97. The van der Waals surface area contributed by atoms with Gasteiger partial charge in [-0.1, -0.05) is 60.7 Å². The molecule has 2 rings (SSSR count). The summed E-state index contributed by atoms with van der Waals surface area (Å²) >= 11 is 12.0. The van der Waals surface area contributed by atoms with Crippen LogP contribution in [0.25, 0.3) is 0 Å². The van der Waals surface area contributed by atoms with Gasteiger partial charge in [-0.2, -0.15) is 0 Å². The van der Waals surface area contributed by atoms with Crippen molar-refractivity contribution in [2.24, 2.45) is 0 Å². The van der Waals surface area contributed by atoms with E-state index in [9.17, 15) is 8.42 Å². The Labute approximate surface area is 148 Å². The zero-order valence-corrected chi connectivity index (χ0v) is 15.1. The predicted molar refractivity (Wildman–Crippen MR) is 98.2 cm³/mol. The van der Waals surface area contributed by atoms with Crippen molar-refractivity contribution in [3.8, 4) is 0 Å². The minimum absolute atomic E-state index is 0.0689. The second-order valence-electron chi connectivity index (χ2n) is 5.52. The number of hydrogen-bond donors (Lipinski definition) is 0. The summed E-state index contributed by atoms with van der Waals surface area (Å²) in [5.74, 6) is 0.138. The van der Waals surface area contributed by atoms with E-state index in [-0.39, 0.29) is 11.8 Å². The van der Waals surface area contributed by atoms with Crippen molar-refractivity contribution in [2.75, 3.05) is 11.8 Å². The van der Waals surface area contributed by atoms with Gasteiger partial charge in [-0.15, -0.1) is 23.2 Å². The summed E-state index contributed by atoms with van der Waals surface area (Å²) in [5, 5.41) is -1.25. The van der Waals surface area contributed by atoms with Crippen molar-refractivity contribution in [3.05, 3.63) is 71.8 Å². The lowest BCUT2D eigenvalue weighted by molar-refractivity contribution is 0.570. The minimum Gasteiger partial charge on any atom is -0.228 e. The van der Waals surface area contributed by atoms with Gasteiger partial charge in [-0.3, -0.25) is 0 Å². The molecule has 0 bridgehead atoms.